The highest BCUT2D eigenvalue weighted by Gasteiger charge is 2.30. The molecule has 5 nitrogen and oxygen atoms in total. The van der Waals surface area contributed by atoms with Crippen LogP contribution in [0.3, 0.4) is 0 Å². The summed E-state index contributed by atoms with van der Waals surface area (Å²) in [5.74, 6) is 0.205. The number of carbonyl (C=O) groups excluding carboxylic acids is 1. The van der Waals surface area contributed by atoms with Gasteiger partial charge in [-0.25, -0.2) is 0 Å². The van der Waals surface area contributed by atoms with Crippen molar-refractivity contribution in [2.75, 3.05) is 6.61 Å². The summed E-state index contributed by atoms with van der Waals surface area (Å²) in [5, 5.41) is 9.02. The minimum atomic E-state index is -0.442. The number of fused-ring (bicyclic) bond motifs is 2. The number of H-pyrrole nitrogens is 1. The van der Waals surface area contributed by atoms with Gasteiger partial charge in [0, 0.05) is 17.9 Å². The topological polar surface area (TPSA) is 92.0 Å². The van der Waals surface area contributed by atoms with E-state index in [4.69, 9.17) is 15.8 Å². The standard InChI is InChI=1S/C20H29N3O2/c1-20(2,3)13-7-8-15-12(10-13)11-16-17(22-15)14(6-4-5-9-24)18(23-16)19(21)25/h11,13,23-24H,4-10H2,1-3H3,(H2,21,25). The molecule has 0 radical (unpaired) electrons. The molecular weight excluding hydrogens is 314 g/mol. The third-order valence-corrected chi connectivity index (χ3v) is 5.54. The quantitative estimate of drug-likeness (QED) is 0.728. The molecule has 1 aliphatic carbocycles. The first-order valence-electron chi connectivity index (χ1n) is 9.25. The SMILES string of the molecule is CC(C)(C)C1CCc2nc3c(CCCCO)c(C(N)=O)[nH]c3cc2C1. The molecule has 1 unspecified atom stereocenters. The highest BCUT2D eigenvalue weighted by molar-refractivity contribution is 5.99. The number of nitrogens with zero attached hydrogens (tertiary/aromatic N) is 1. The summed E-state index contributed by atoms with van der Waals surface area (Å²) in [7, 11) is 0. The largest absolute Gasteiger partial charge is 0.396 e. The Morgan fingerprint density at radius 3 is 2.80 bits per heavy atom. The van der Waals surface area contributed by atoms with Gasteiger partial charge in [-0.2, -0.15) is 0 Å². The molecule has 0 bridgehead atoms. The molecule has 0 fully saturated rings. The predicted molar refractivity (Wildman–Crippen MR) is 99.6 cm³/mol. The van der Waals surface area contributed by atoms with E-state index in [1.165, 1.54) is 5.56 Å². The maximum absolute atomic E-state index is 11.8. The number of aryl methyl sites for hydroxylation is 2. The van der Waals surface area contributed by atoms with Gasteiger partial charge in [0.15, 0.2) is 0 Å². The van der Waals surface area contributed by atoms with Crippen LogP contribution in [-0.4, -0.2) is 27.6 Å². The highest BCUT2D eigenvalue weighted by Crippen LogP contribution is 2.38. The summed E-state index contributed by atoms with van der Waals surface area (Å²) >= 11 is 0. The number of aromatic nitrogens is 2. The molecule has 0 saturated heterocycles. The van der Waals surface area contributed by atoms with E-state index >= 15 is 0 Å². The fraction of sp³-hybridized carbons (Fsp3) is 0.600. The van der Waals surface area contributed by atoms with Crippen LogP contribution in [0.25, 0.3) is 11.0 Å². The van der Waals surface area contributed by atoms with Crippen LogP contribution in [0, 0.1) is 11.3 Å². The van der Waals surface area contributed by atoms with Crippen LogP contribution in [0.15, 0.2) is 6.07 Å². The Labute approximate surface area is 149 Å². The Morgan fingerprint density at radius 1 is 1.40 bits per heavy atom. The van der Waals surface area contributed by atoms with E-state index in [1.807, 2.05) is 0 Å². The molecule has 0 aromatic carbocycles. The molecule has 1 atom stereocenters. The second-order valence-electron chi connectivity index (χ2n) is 8.32. The van der Waals surface area contributed by atoms with E-state index in [2.05, 4.69) is 31.8 Å². The smallest absolute Gasteiger partial charge is 0.265 e. The van der Waals surface area contributed by atoms with Crippen molar-refractivity contribution in [3.05, 3.63) is 28.6 Å². The molecule has 0 saturated carbocycles. The number of hydrogen-bond donors (Lipinski definition) is 3. The van der Waals surface area contributed by atoms with Gasteiger partial charge in [0.2, 0.25) is 0 Å². The van der Waals surface area contributed by atoms with E-state index in [-0.39, 0.29) is 12.0 Å². The molecule has 5 heteroatoms. The molecule has 2 aromatic rings. The number of aliphatic hydroxyl groups is 1. The fourth-order valence-electron chi connectivity index (χ4n) is 3.92. The Hall–Kier alpha value is -1.88. The average molecular weight is 343 g/mol. The number of carbonyl (C=O) groups is 1. The van der Waals surface area contributed by atoms with Gasteiger partial charge in [-0.3, -0.25) is 9.78 Å². The number of amides is 1. The third-order valence-electron chi connectivity index (χ3n) is 5.54. The van der Waals surface area contributed by atoms with Gasteiger partial charge in [0.05, 0.1) is 11.0 Å². The van der Waals surface area contributed by atoms with Crippen molar-refractivity contribution in [3.63, 3.8) is 0 Å². The lowest BCUT2D eigenvalue weighted by Gasteiger charge is -2.34. The summed E-state index contributed by atoms with van der Waals surface area (Å²) in [6, 6.07) is 2.16. The monoisotopic (exact) mass is 343 g/mol. The van der Waals surface area contributed by atoms with Crippen molar-refractivity contribution in [1.29, 1.82) is 0 Å². The van der Waals surface area contributed by atoms with Gasteiger partial charge >= 0.3 is 0 Å². The van der Waals surface area contributed by atoms with Gasteiger partial charge in [-0.1, -0.05) is 20.8 Å². The minimum absolute atomic E-state index is 0.158. The first-order chi connectivity index (χ1) is 11.8. The van der Waals surface area contributed by atoms with Crippen molar-refractivity contribution in [1.82, 2.24) is 9.97 Å². The van der Waals surface area contributed by atoms with Crippen molar-refractivity contribution >= 4 is 16.9 Å². The number of unbranched alkanes of at least 4 members (excludes halogenated alkanes) is 1. The average Bonchev–Trinajstić information content (AvgIpc) is 2.89. The third kappa shape index (κ3) is 3.56. The van der Waals surface area contributed by atoms with Crippen molar-refractivity contribution in [3.8, 4) is 0 Å². The zero-order valence-electron chi connectivity index (χ0n) is 15.5. The Balaban J connectivity index is 2.01. The van der Waals surface area contributed by atoms with Crippen LogP contribution in [0.2, 0.25) is 0 Å². The van der Waals surface area contributed by atoms with E-state index in [9.17, 15) is 4.79 Å². The molecular formula is C20H29N3O2. The van der Waals surface area contributed by atoms with Crippen LogP contribution in [0.5, 0.6) is 0 Å². The molecule has 0 spiro atoms. The number of pyridine rings is 1. The molecule has 25 heavy (non-hydrogen) atoms. The molecule has 1 amide bonds. The normalized spacial score (nSPS) is 17.7. The van der Waals surface area contributed by atoms with Crippen LogP contribution in [-0.2, 0) is 19.3 Å². The molecule has 1 aliphatic rings. The summed E-state index contributed by atoms with van der Waals surface area (Å²) in [6.45, 7) is 7.06. The van der Waals surface area contributed by atoms with Crippen LogP contribution in [0.1, 0.15) is 67.3 Å². The zero-order valence-corrected chi connectivity index (χ0v) is 15.5. The van der Waals surface area contributed by atoms with Gasteiger partial charge in [0.25, 0.3) is 5.91 Å². The Morgan fingerprint density at radius 2 is 2.16 bits per heavy atom. The van der Waals surface area contributed by atoms with Crippen molar-refractivity contribution in [2.45, 2.75) is 59.3 Å². The second-order valence-corrected chi connectivity index (χ2v) is 8.32. The molecule has 4 N–H and O–H groups in total. The Kier molecular flexibility index (Phi) is 4.87. The summed E-state index contributed by atoms with van der Waals surface area (Å²) in [6.07, 6.45) is 5.40. The number of rotatable bonds is 5. The molecule has 2 aromatic heterocycles. The van der Waals surface area contributed by atoms with Crippen LogP contribution in [0.4, 0.5) is 0 Å². The first kappa shape index (κ1) is 17.9. The number of primary amides is 1. The van der Waals surface area contributed by atoms with Crippen molar-refractivity contribution in [2.24, 2.45) is 17.1 Å². The number of aliphatic hydroxyl groups excluding tert-OH is 1. The van der Waals surface area contributed by atoms with E-state index in [0.29, 0.717) is 24.5 Å². The number of nitrogens with one attached hydrogen (secondary N) is 1. The van der Waals surface area contributed by atoms with Crippen molar-refractivity contribution < 1.29 is 9.90 Å². The van der Waals surface area contributed by atoms with E-state index in [0.717, 1.165) is 48.0 Å². The number of aromatic amines is 1. The fourth-order valence-corrected chi connectivity index (χ4v) is 3.92. The van der Waals surface area contributed by atoms with Gasteiger partial charge < -0.3 is 15.8 Å². The Bertz CT molecular complexity index is 786. The molecule has 3 rings (SSSR count). The molecule has 2 heterocycles. The van der Waals surface area contributed by atoms with Gasteiger partial charge in [-0.15, -0.1) is 0 Å². The second kappa shape index (κ2) is 6.79. The molecule has 136 valence electrons. The lowest BCUT2D eigenvalue weighted by Crippen LogP contribution is -2.27. The summed E-state index contributed by atoms with van der Waals surface area (Å²) in [4.78, 5) is 19.9. The first-order valence-corrected chi connectivity index (χ1v) is 9.25. The van der Waals surface area contributed by atoms with E-state index in [1.54, 1.807) is 0 Å². The minimum Gasteiger partial charge on any atom is -0.396 e. The highest BCUT2D eigenvalue weighted by atomic mass is 16.2. The van der Waals surface area contributed by atoms with Gasteiger partial charge in [-0.05, 0) is 61.5 Å². The summed E-state index contributed by atoms with van der Waals surface area (Å²) < 4.78 is 0. The lowest BCUT2D eigenvalue weighted by atomic mass is 9.71. The van der Waals surface area contributed by atoms with Gasteiger partial charge in [0.1, 0.15) is 5.69 Å². The van der Waals surface area contributed by atoms with E-state index < -0.39 is 5.91 Å². The maximum atomic E-state index is 11.8. The summed E-state index contributed by atoms with van der Waals surface area (Å²) in [5.41, 5.74) is 11.5. The lowest BCUT2D eigenvalue weighted by molar-refractivity contribution is 0.0995. The zero-order chi connectivity index (χ0) is 18.2. The molecule has 0 aliphatic heterocycles. The van der Waals surface area contributed by atoms with Crippen LogP contribution >= 0.6 is 0 Å². The van der Waals surface area contributed by atoms with Crippen LogP contribution < -0.4 is 5.73 Å². The predicted octanol–water partition coefficient (Wildman–Crippen LogP) is 3.13. The number of hydrogen-bond acceptors (Lipinski definition) is 3. The maximum Gasteiger partial charge on any atom is 0.265 e. The number of nitrogens with two attached hydrogens (primary N) is 1.